The summed E-state index contributed by atoms with van der Waals surface area (Å²) >= 11 is 0. The quantitative estimate of drug-likeness (QED) is 0.761. The highest BCUT2D eigenvalue weighted by Crippen LogP contribution is 2.45. The Kier molecular flexibility index (Phi) is 5.95. The highest BCUT2D eigenvalue weighted by molar-refractivity contribution is 5.77. The number of ether oxygens (including phenoxy) is 1. The van der Waals surface area contributed by atoms with Gasteiger partial charge in [-0.1, -0.05) is 29.5 Å². The molecule has 1 aromatic carbocycles. The van der Waals surface area contributed by atoms with E-state index in [0.717, 1.165) is 25.8 Å². The maximum atomic E-state index is 12.8. The lowest BCUT2D eigenvalue weighted by Gasteiger charge is -2.45. The van der Waals surface area contributed by atoms with Crippen molar-refractivity contribution in [3.8, 4) is 0 Å². The third kappa shape index (κ3) is 4.95. The summed E-state index contributed by atoms with van der Waals surface area (Å²) in [7, 11) is 0. The average molecular weight is 370 g/mol. The molecule has 0 unspecified atom stereocenters. The van der Waals surface area contributed by atoms with Crippen LogP contribution in [0.1, 0.15) is 50.7 Å². The summed E-state index contributed by atoms with van der Waals surface area (Å²) in [4.78, 5) is 12.8. The van der Waals surface area contributed by atoms with Gasteiger partial charge in [-0.2, -0.15) is 0 Å². The number of aryl methyl sites for hydroxylation is 2. The molecule has 2 aromatic rings. The monoisotopic (exact) mass is 370 g/mol. The summed E-state index contributed by atoms with van der Waals surface area (Å²) in [5.41, 5.74) is 2.12. The van der Waals surface area contributed by atoms with Gasteiger partial charge in [-0.25, -0.2) is 0 Å². The van der Waals surface area contributed by atoms with Crippen molar-refractivity contribution in [1.29, 1.82) is 0 Å². The molecule has 0 spiro atoms. The molecule has 1 atom stereocenters. The number of nitrogens with zero attached hydrogens (tertiary/aromatic N) is 3. The summed E-state index contributed by atoms with van der Waals surface area (Å²) in [5, 5.41) is 10.8. The van der Waals surface area contributed by atoms with Crippen LogP contribution in [0.25, 0.3) is 0 Å². The minimum atomic E-state index is -0.228. The molecule has 6 heteroatoms. The Morgan fingerprint density at radius 3 is 2.85 bits per heavy atom. The number of benzene rings is 1. The minimum absolute atomic E-state index is 0.106. The SMILES string of the molecule is Cc1ccccc1[C@@]1(CC(=O)NCCCn2ccnn2)CCOC(C)(C)C1. The van der Waals surface area contributed by atoms with Crippen LogP contribution in [-0.4, -0.2) is 39.7 Å². The minimum Gasteiger partial charge on any atom is -0.376 e. The fourth-order valence-electron chi connectivity index (χ4n) is 4.31. The molecule has 27 heavy (non-hydrogen) atoms. The molecule has 1 aromatic heterocycles. The lowest BCUT2D eigenvalue weighted by atomic mass is 9.66. The second-order valence-corrected chi connectivity index (χ2v) is 8.18. The Morgan fingerprint density at radius 1 is 1.33 bits per heavy atom. The van der Waals surface area contributed by atoms with Crippen molar-refractivity contribution in [2.75, 3.05) is 13.2 Å². The van der Waals surface area contributed by atoms with Gasteiger partial charge < -0.3 is 10.1 Å². The fourth-order valence-corrected chi connectivity index (χ4v) is 4.31. The van der Waals surface area contributed by atoms with E-state index >= 15 is 0 Å². The van der Waals surface area contributed by atoms with Gasteiger partial charge in [-0.15, -0.1) is 5.10 Å². The largest absolute Gasteiger partial charge is 0.376 e. The van der Waals surface area contributed by atoms with E-state index in [1.165, 1.54) is 11.1 Å². The van der Waals surface area contributed by atoms with Gasteiger partial charge in [0.15, 0.2) is 0 Å². The van der Waals surface area contributed by atoms with E-state index in [1.807, 2.05) is 6.20 Å². The van der Waals surface area contributed by atoms with Crippen LogP contribution in [0.2, 0.25) is 0 Å². The molecule has 1 fully saturated rings. The maximum Gasteiger partial charge on any atom is 0.220 e. The van der Waals surface area contributed by atoms with Crippen LogP contribution in [0, 0.1) is 6.92 Å². The van der Waals surface area contributed by atoms with Gasteiger partial charge in [0.05, 0.1) is 11.8 Å². The third-order valence-electron chi connectivity index (χ3n) is 5.41. The van der Waals surface area contributed by atoms with Crippen molar-refractivity contribution in [2.24, 2.45) is 0 Å². The molecule has 1 N–H and O–H groups in total. The molecule has 0 bridgehead atoms. The van der Waals surface area contributed by atoms with Crippen LogP contribution in [0.15, 0.2) is 36.7 Å². The molecule has 0 saturated carbocycles. The Hall–Kier alpha value is -2.21. The lowest BCUT2D eigenvalue weighted by molar-refractivity contribution is -0.126. The van der Waals surface area contributed by atoms with E-state index in [0.29, 0.717) is 19.6 Å². The molecule has 1 saturated heterocycles. The van der Waals surface area contributed by atoms with Crippen molar-refractivity contribution in [3.05, 3.63) is 47.8 Å². The third-order valence-corrected chi connectivity index (χ3v) is 5.41. The standard InChI is InChI=1S/C21H30N4O2/c1-17-7-4-5-8-18(17)21(9-14-27-20(2,3)16-21)15-19(26)22-10-6-12-25-13-11-23-24-25/h4-5,7-8,11,13H,6,9-10,12,14-16H2,1-3H3,(H,22,26)/t21-/m1/s1. The summed E-state index contributed by atoms with van der Waals surface area (Å²) in [6.45, 7) is 8.45. The van der Waals surface area contributed by atoms with Gasteiger partial charge in [-0.05, 0) is 51.2 Å². The highest BCUT2D eigenvalue weighted by Gasteiger charge is 2.44. The first-order valence-corrected chi connectivity index (χ1v) is 9.71. The first-order valence-electron chi connectivity index (χ1n) is 9.71. The summed E-state index contributed by atoms with van der Waals surface area (Å²) in [6.07, 6.45) is 6.54. The fraction of sp³-hybridized carbons (Fsp3) is 0.571. The maximum absolute atomic E-state index is 12.8. The van der Waals surface area contributed by atoms with Crippen LogP contribution in [0.4, 0.5) is 0 Å². The molecular formula is C21H30N4O2. The molecule has 0 radical (unpaired) electrons. The number of carbonyl (C=O) groups excluding carboxylic acids is 1. The Balaban J connectivity index is 1.66. The molecule has 2 heterocycles. The molecule has 3 rings (SSSR count). The number of carbonyl (C=O) groups is 1. The summed E-state index contributed by atoms with van der Waals surface area (Å²) in [6, 6.07) is 8.44. The molecule has 6 nitrogen and oxygen atoms in total. The first-order chi connectivity index (χ1) is 12.9. The second kappa shape index (κ2) is 8.21. The van der Waals surface area contributed by atoms with Crippen molar-refractivity contribution in [2.45, 2.75) is 64.0 Å². The van der Waals surface area contributed by atoms with Gasteiger partial charge >= 0.3 is 0 Å². The number of hydrogen-bond acceptors (Lipinski definition) is 4. The zero-order valence-corrected chi connectivity index (χ0v) is 16.6. The number of amides is 1. The highest BCUT2D eigenvalue weighted by atomic mass is 16.5. The smallest absolute Gasteiger partial charge is 0.220 e. The number of rotatable bonds is 7. The van der Waals surface area contributed by atoms with Gasteiger partial charge in [0.25, 0.3) is 0 Å². The first kappa shape index (κ1) is 19.5. The van der Waals surface area contributed by atoms with Crippen LogP contribution < -0.4 is 5.32 Å². The Labute approximate surface area is 161 Å². The Bertz CT molecular complexity index is 757. The molecule has 1 aliphatic rings. The van der Waals surface area contributed by atoms with E-state index in [-0.39, 0.29) is 16.9 Å². The molecule has 1 amide bonds. The van der Waals surface area contributed by atoms with Gasteiger partial charge in [0.1, 0.15) is 0 Å². The number of hydrogen-bond donors (Lipinski definition) is 1. The predicted octanol–water partition coefficient (Wildman–Crippen LogP) is 3.01. The van der Waals surface area contributed by atoms with Crippen LogP contribution in [0.5, 0.6) is 0 Å². The van der Waals surface area contributed by atoms with Gasteiger partial charge in [-0.3, -0.25) is 9.48 Å². The number of nitrogens with one attached hydrogen (secondary N) is 1. The van der Waals surface area contributed by atoms with Crippen LogP contribution in [0.3, 0.4) is 0 Å². The van der Waals surface area contributed by atoms with E-state index in [9.17, 15) is 4.79 Å². The number of aromatic nitrogens is 3. The van der Waals surface area contributed by atoms with Crippen LogP contribution in [-0.2, 0) is 21.5 Å². The van der Waals surface area contributed by atoms with Crippen molar-refractivity contribution in [1.82, 2.24) is 20.3 Å². The van der Waals surface area contributed by atoms with E-state index in [4.69, 9.17) is 4.74 Å². The van der Waals surface area contributed by atoms with Gasteiger partial charge in [0, 0.05) is 37.7 Å². The zero-order valence-electron chi connectivity index (χ0n) is 16.6. The lowest BCUT2D eigenvalue weighted by Crippen LogP contribution is -2.47. The van der Waals surface area contributed by atoms with Crippen LogP contribution >= 0.6 is 0 Å². The molecular weight excluding hydrogens is 340 g/mol. The molecule has 146 valence electrons. The Morgan fingerprint density at radius 2 is 2.15 bits per heavy atom. The summed E-state index contributed by atoms with van der Waals surface area (Å²) in [5.74, 6) is 0.106. The normalized spacial score (nSPS) is 21.7. The predicted molar refractivity (Wildman–Crippen MR) is 104 cm³/mol. The van der Waals surface area contributed by atoms with Crippen molar-refractivity contribution < 1.29 is 9.53 Å². The van der Waals surface area contributed by atoms with Crippen molar-refractivity contribution in [3.63, 3.8) is 0 Å². The van der Waals surface area contributed by atoms with Gasteiger partial charge in [0.2, 0.25) is 5.91 Å². The van der Waals surface area contributed by atoms with E-state index in [1.54, 1.807) is 10.9 Å². The zero-order chi connectivity index (χ0) is 19.3. The van der Waals surface area contributed by atoms with E-state index < -0.39 is 0 Å². The van der Waals surface area contributed by atoms with Crippen molar-refractivity contribution >= 4 is 5.91 Å². The second-order valence-electron chi connectivity index (χ2n) is 8.18. The van der Waals surface area contributed by atoms with E-state index in [2.05, 4.69) is 60.7 Å². The molecule has 1 aliphatic heterocycles. The summed E-state index contributed by atoms with van der Waals surface area (Å²) < 4.78 is 7.74. The average Bonchev–Trinajstić information content (AvgIpc) is 3.11. The molecule has 0 aliphatic carbocycles. The topological polar surface area (TPSA) is 69.0 Å².